The minimum Gasteiger partial charge on any atom is -0.476 e. The van der Waals surface area contributed by atoms with E-state index in [4.69, 9.17) is 5.11 Å². The summed E-state index contributed by atoms with van der Waals surface area (Å²) in [6.45, 7) is 0. The molecule has 3 rings (SSSR count). The van der Waals surface area contributed by atoms with Gasteiger partial charge in [0.05, 0.1) is 22.9 Å². The van der Waals surface area contributed by atoms with Crippen LogP contribution in [0, 0.1) is 0 Å². The maximum atomic E-state index is 12.1. The molecule has 0 atom stereocenters. The number of rotatable bonds is 3. The van der Waals surface area contributed by atoms with Gasteiger partial charge in [0.2, 0.25) is 0 Å². The molecule has 1 aromatic carbocycles. The molecule has 0 spiro atoms. The van der Waals surface area contributed by atoms with Crippen molar-refractivity contribution in [2.24, 2.45) is 0 Å². The largest absolute Gasteiger partial charge is 0.476 e. The number of imidazole rings is 1. The lowest BCUT2D eigenvalue weighted by Crippen LogP contribution is -2.14. The van der Waals surface area contributed by atoms with E-state index in [0.29, 0.717) is 11.0 Å². The normalized spacial score (nSPS) is 10.7. The van der Waals surface area contributed by atoms with Crippen molar-refractivity contribution in [3.63, 3.8) is 0 Å². The lowest BCUT2D eigenvalue weighted by atomic mass is 10.2. The second kappa shape index (κ2) is 4.63. The zero-order valence-electron chi connectivity index (χ0n) is 10.4. The monoisotopic (exact) mass is 287 g/mol. The van der Waals surface area contributed by atoms with E-state index in [2.05, 4.69) is 25.5 Å². The molecule has 5 N–H and O–H groups in total. The fourth-order valence-corrected chi connectivity index (χ4v) is 1.91. The molecular weight excluding hydrogens is 278 g/mol. The van der Waals surface area contributed by atoms with Crippen LogP contribution in [0.1, 0.15) is 20.8 Å². The number of nitrogens with zero attached hydrogens (tertiary/aromatic N) is 1. The Bertz CT molecular complexity index is 904. The van der Waals surface area contributed by atoms with Gasteiger partial charge in [0, 0.05) is 5.56 Å². The van der Waals surface area contributed by atoms with Gasteiger partial charge in [-0.3, -0.25) is 9.89 Å². The maximum absolute atomic E-state index is 12.1. The van der Waals surface area contributed by atoms with E-state index in [-0.39, 0.29) is 22.6 Å². The first-order valence-corrected chi connectivity index (χ1v) is 5.84. The van der Waals surface area contributed by atoms with Crippen LogP contribution in [0.25, 0.3) is 11.0 Å². The summed E-state index contributed by atoms with van der Waals surface area (Å²) in [6, 6.07) is 4.58. The lowest BCUT2D eigenvalue weighted by Gasteiger charge is -2.03. The van der Waals surface area contributed by atoms with Crippen molar-refractivity contribution in [1.82, 2.24) is 20.2 Å². The molecule has 0 aliphatic carbocycles. The number of anilines is 1. The fourth-order valence-electron chi connectivity index (χ4n) is 1.91. The van der Waals surface area contributed by atoms with Gasteiger partial charge in [-0.25, -0.2) is 9.59 Å². The summed E-state index contributed by atoms with van der Waals surface area (Å²) >= 11 is 0. The van der Waals surface area contributed by atoms with E-state index >= 15 is 0 Å². The Morgan fingerprint density at radius 2 is 1.95 bits per heavy atom. The van der Waals surface area contributed by atoms with Gasteiger partial charge in [0.1, 0.15) is 0 Å². The topological polar surface area (TPSA) is 144 Å². The maximum Gasteiger partial charge on any atom is 0.356 e. The Kier molecular flexibility index (Phi) is 2.79. The molecule has 1 amide bonds. The molecule has 0 radical (unpaired) electrons. The van der Waals surface area contributed by atoms with Crippen LogP contribution in [-0.4, -0.2) is 37.1 Å². The predicted molar refractivity (Wildman–Crippen MR) is 72.4 cm³/mol. The highest BCUT2D eigenvalue weighted by molar-refractivity contribution is 6.08. The van der Waals surface area contributed by atoms with Crippen molar-refractivity contribution >= 4 is 28.6 Å². The molecule has 0 bridgehead atoms. The van der Waals surface area contributed by atoms with Crippen LogP contribution in [0.4, 0.5) is 5.69 Å². The number of H-pyrrole nitrogens is 3. The van der Waals surface area contributed by atoms with E-state index in [1.165, 1.54) is 18.3 Å². The Labute approximate surface area is 116 Å². The third kappa shape index (κ3) is 2.27. The van der Waals surface area contributed by atoms with E-state index in [9.17, 15) is 14.4 Å². The second-order valence-corrected chi connectivity index (χ2v) is 4.26. The highest BCUT2D eigenvalue weighted by Crippen LogP contribution is 2.15. The van der Waals surface area contributed by atoms with Crippen LogP contribution < -0.4 is 11.0 Å². The average molecular weight is 287 g/mol. The zero-order chi connectivity index (χ0) is 15.0. The van der Waals surface area contributed by atoms with Crippen LogP contribution >= 0.6 is 0 Å². The van der Waals surface area contributed by atoms with E-state index < -0.39 is 11.9 Å². The molecule has 2 aromatic heterocycles. The minimum atomic E-state index is -1.23. The van der Waals surface area contributed by atoms with Gasteiger partial charge in [0.25, 0.3) is 5.91 Å². The second-order valence-electron chi connectivity index (χ2n) is 4.26. The number of nitrogens with one attached hydrogen (secondary N) is 4. The Morgan fingerprint density at radius 1 is 1.19 bits per heavy atom. The molecule has 0 saturated carbocycles. The molecule has 0 aliphatic heterocycles. The summed E-state index contributed by atoms with van der Waals surface area (Å²) in [5.41, 5.74) is 0.819. The van der Waals surface area contributed by atoms with E-state index in [1.807, 2.05) is 0 Å². The lowest BCUT2D eigenvalue weighted by molar-refractivity contribution is 0.0691. The average Bonchev–Trinajstić information content (AvgIpc) is 3.02. The van der Waals surface area contributed by atoms with Crippen molar-refractivity contribution in [2.75, 3.05) is 5.32 Å². The van der Waals surface area contributed by atoms with Crippen molar-refractivity contribution in [3.8, 4) is 0 Å². The fraction of sp³-hybridized carbons (Fsp3) is 0. The van der Waals surface area contributed by atoms with Gasteiger partial charge in [-0.1, -0.05) is 0 Å². The number of aromatic amines is 3. The number of carboxylic acid groups (broad SMARTS) is 1. The number of hydrogen-bond acceptors (Lipinski definition) is 4. The summed E-state index contributed by atoms with van der Waals surface area (Å²) in [5, 5.41) is 17.2. The van der Waals surface area contributed by atoms with Gasteiger partial charge in [0.15, 0.2) is 5.69 Å². The Balaban J connectivity index is 1.91. The number of aromatic nitrogens is 4. The minimum absolute atomic E-state index is 0.0650. The summed E-state index contributed by atoms with van der Waals surface area (Å²) in [4.78, 5) is 39.3. The predicted octanol–water partition coefficient (Wildman–Crippen LogP) is 0.530. The first kappa shape index (κ1) is 12.7. The number of carboxylic acids is 1. The van der Waals surface area contributed by atoms with Crippen LogP contribution in [0.3, 0.4) is 0 Å². The third-order valence-corrected chi connectivity index (χ3v) is 2.88. The van der Waals surface area contributed by atoms with Crippen molar-refractivity contribution < 1.29 is 14.7 Å². The molecule has 0 fully saturated rings. The van der Waals surface area contributed by atoms with E-state index in [0.717, 1.165) is 0 Å². The molecule has 9 heteroatoms. The summed E-state index contributed by atoms with van der Waals surface area (Å²) < 4.78 is 0. The number of hydrogen-bond donors (Lipinski definition) is 5. The molecule has 3 aromatic rings. The summed E-state index contributed by atoms with van der Waals surface area (Å²) in [7, 11) is 0. The molecule has 106 valence electrons. The number of aromatic carboxylic acids is 1. The van der Waals surface area contributed by atoms with Crippen molar-refractivity contribution in [3.05, 3.63) is 46.1 Å². The highest BCUT2D eigenvalue weighted by Gasteiger charge is 2.16. The SMILES string of the molecule is O=C(Nc1cn[nH]c1C(=O)O)c1ccc2[nH]c(=O)[nH]c2c1. The molecule has 9 nitrogen and oxygen atoms in total. The van der Waals surface area contributed by atoms with Crippen LogP contribution in [0.2, 0.25) is 0 Å². The van der Waals surface area contributed by atoms with Crippen molar-refractivity contribution in [1.29, 1.82) is 0 Å². The van der Waals surface area contributed by atoms with Gasteiger partial charge in [-0.15, -0.1) is 0 Å². The smallest absolute Gasteiger partial charge is 0.356 e. The molecule has 21 heavy (non-hydrogen) atoms. The Morgan fingerprint density at radius 3 is 2.71 bits per heavy atom. The molecule has 0 aliphatic rings. The Hall–Kier alpha value is -3.36. The standard InChI is InChI=1S/C12H9N5O4/c18-10(14-8-4-13-17-9(8)11(19)20)5-1-2-6-7(3-5)16-12(21)15-6/h1-4H,(H,13,17)(H,14,18)(H,19,20)(H2,15,16,21). The van der Waals surface area contributed by atoms with Gasteiger partial charge < -0.3 is 20.4 Å². The zero-order valence-corrected chi connectivity index (χ0v) is 10.4. The molecule has 0 saturated heterocycles. The molecule has 0 unspecified atom stereocenters. The van der Waals surface area contributed by atoms with Crippen LogP contribution in [-0.2, 0) is 0 Å². The van der Waals surface area contributed by atoms with Gasteiger partial charge >= 0.3 is 11.7 Å². The highest BCUT2D eigenvalue weighted by atomic mass is 16.4. The first-order chi connectivity index (χ1) is 10.0. The number of carbonyl (C=O) groups excluding carboxylic acids is 1. The van der Waals surface area contributed by atoms with Gasteiger partial charge in [-0.05, 0) is 18.2 Å². The summed E-state index contributed by atoms with van der Waals surface area (Å²) in [5.74, 6) is -1.74. The first-order valence-electron chi connectivity index (χ1n) is 5.84. The van der Waals surface area contributed by atoms with E-state index in [1.54, 1.807) is 6.07 Å². The number of benzene rings is 1. The van der Waals surface area contributed by atoms with Crippen molar-refractivity contribution in [2.45, 2.75) is 0 Å². The van der Waals surface area contributed by atoms with Crippen LogP contribution in [0.15, 0.2) is 29.2 Å². The van der Waals surface area contributed by atoms with Crippen LogP contribution in [0.5, 0.6) is 0 Å². The number of carbonyl (C=O) groups is 2. The molecule has 2 heterocycles. The number of fused-ring (bicyclic) bond motifs is 1. The quantitative estimate of drug-likeness (QED) is 0.477. The number of amides is 1. The third-order valence-electron chi connectivity index (χ3n) is 2.88. The summed E-state index contributed by atoms with van der Waals surface area (Å²) in [6.07, 6.45) is 1.21. The molecular formula is C12H9N5O4. The van der Waals surface area contributed by atoms with Gasteiger partial charge in [-0.2, -0.15) is 5.10 Å².